The summed E-state index contributed by atoms with van der Waals surface area (Å²) in [6.07, 6.45) is 4.80. The van der Waals surface area contributed by atoms with E-state index in [4.69, 9.17) is 11.6 Å². The molecule has 1 fully saturated rings. The first-order valence-corrected chi connectivity index (χ1v) is 8.10. The quantitative estimate of drug-likeness (QED) is 0.790. The van der Waals surface area contributed by atoms with Crippen molar-refractivity contribution in [1.82, 2.24) is 20.4 Å². The monoisotopic (exact) mass is 347 g/mol. The van der Waals surface area contributed by atoms with Crippen molar-refractivity contribution in [2.45, 2.75) is 25.4 Å². The number of nitrogens with one attached hydrogen (secondary N) is 3. The molecular formula is C16H18ClN5O2. The number of halogens is 1. The predicted octanol–water partition coefficient (Wildman–Crippen LogP) is 1.98. The van der Waals surface area contributed by atoms with E-state index in [0.29, 0.717) is 30.2 Å². The van der Waals surface area contributed by atoms with Crippen LogP contribution in [0.4, 0.5) is 10.5 Å². The Labute approximate surface area is 144 Å². The Kier molecular flexibility index (Phi) is 5.00. The van der Waals surface area contributed by atoms with Crippen LogP contribution in [-0.2, 0) is 11.3 Å². The molecule has 0 bridgehead atoms. The van der Waals surface area contributed by atoms with Gasteiger partial charge in [0.05, 0.1) is 18.4 Å². The molecule has 0 aliphatic carbocycles. The average molecular weight is 348 g/mol. The summed E-state index contributed by atoms with van der Waals surface area (Å²) < 4.78 is 1.71. The highest BCUT2D eigenvalue weighted by Gasteiger charge is 2.23. The highest BCUT2D eigenvalue weighted by atomic mass is 35.5. The zero-order chi connectivity index (χ0) is 16.9. The maximum atomic E-state index is 12.0. The van der Waals surface area contributed by atoms with E-state index in [0.717, 1.165) is 12.0 Å². The summed E-state index contributed by atoms with van der Waals surface area (Å²) >= 11 is 5.86. The van der Waals surface area contributed by atoms with E-state index < -0.39 is 12.1 Å². The van der Waals surface area contributed by atoms with Crippen molar-refractivity contribution < 1.29 is 9.59 Å². The van der Waals surface area contributed by atoms with Gasteiger partial charge in [-0.25, -0.2) is 4.79 Å². The summed E-state index contributed by atoms with van der Waals surface area (Å²) in [6.45, 7) is 1.24. The molecule has 2 aromatic rings. The third-order valence-corrected chi connectivity index (χ3v) is 3.99. The van der Waals surface area contributed by atoms with E-state index >= 15 is 0 Å². The summed E-state index contributed by atoms with van der Waals surface area (Å²) in [5.41, 5.74) is 1.62. The highest BCUT2D eigenvalue weighted by molar-refractivity contribution is 6.30. The zero-order valence-corrected chi connectivity index (χ0v) is 13.7. The van der Waals surface area contributed by atoms with Crippen LogP contribution >= 0.6 is 11.6 Å². The first kappa shape index (κ1) is 16.3. The maximum absolute atomic E-state index is 12.0. The summed E-state index contributed by atoms with van der Waals surface area (Å²) in [5, 5.41) is 13.0. The van der Waals surface area contributed by atoms with Gasteiger partial charge in [-0.2, -0.15) is 5.10 Å². The molecular weight excluding hydrogens is 330 g/mol. The standard InChI is InChI=1S/C16H18ClN5O2/c17-12-5-3-11(4-6-12)9-22-10-13(8-19-22)20-16(24)21-14-2-1-7-18-15(14)23/h3-6,8,10,14H,1-2,7,9H2,(H,18,23)(H2,20,21,24)/t14-/m1/s1. The summed E-state index contributed by atoms with van der Waals surface area (Å²) in [5.74, 6) is -0.144. The van der Waals surface area contributed by atoms with Crippen LogP contribution in [0, 0.1) is 0 Å². The Morgan fingerprint density at radius 3 is 2.92 bits per heavy atom. The van der Waals surface area contributed by atoms with Gasteiger partial charge in [0.25, 0.3) is 0 Å². The largest absolute Gasteiger partial charge is 0.354 e. The molecule has 1 aromatic heterocycles. The number of benzene rings is 1. The van der Waals surface area contributed by atoms with Crippen LogP contribution in [0.5, 0.6) is 0 Å². The van der Waals surface area contributed by atoms with Crippen molar-refractivity contribution in [3.8, 4) is 0 Å². The maximum Gasteiger partial charge on any atom is 0.319 e. The molecule has 1 saturated heterocycles. The fourth-order valence-corrected chi connectivity index (χ4v) is 2.65. The third kappa shape index (κ3) is 4.26. The Morgan fingerprint density at radius 1 is 1.38 bits per heavy atom. The smallest absolute Gasteiger partial charge is 0.319 e. The molecule has 0 radical (unpaired) electrons. The average Bonchev–Trinajstić information content (AvgIpc) is 2.99. The van der Waals surface area contributed by atoms with Crippen LogP contribution < -0.4 is 16.0 Å². The topological polar surface area (TPSA) is 88.1 Å². The number of hydrogen-bond acceptors (Lipinski definition) is 3. The third-order valence-electron chi connectivity index (χ3n) is 3.74. The number of urea groups is 1. The number of nitrogens with zero attached hydrogens (tertiary/aromatic N) is 2. The fourth-order valence-electron chi connectivity index (χ4n) is 2.53. The summed E-state index contributed by atoms with van der Waals surface area (Å²) in [4.78, 5) is 23.6. The lowest BCUT2D eigenvalue weighted by Gasteiger charge is -2.22. The Balaban J connectivity index is 1.54. The van der Waals surface area contributed by atoms with Gasteiger partial charge in [-0.3, -0.25) is 9.48 Å². The van der Waals surface area contributed by atoms with Gasteiger partial charge in [-0.1, -0.05) is 23.7 Å². The summed E-state index contributed by atoms with van der Waals surface area (Å²) in [7, 11) is 0. The minimum absolute atomic E-state index is 0.144. The van der Waals surface area contributed by atoms with Crippen molar-refractivity contribution >= 4 is 29.2 Å². The van der Waals surface area contributed by atoms with E-state index in [2.05, 4.69) is 21.0 Å². The van der Waals surface area contributed by atoms with Gasteiger partial charge >= 0.3 is 6.03 Å². The number of aromatic nitrogens is 2. The van der Waals surface area contributed by atoms with Crippen LogP contribution in [-0.4, -0.2) is 34.3 Å². The lowest BCUT2D eigenvalue weighted by Crippen LogP contribution is -2.51. The highest BCUT2D eigenvalue weighted by Crippen LogP contribution is 2.12. The normalized spacial score (nSPS) is 17.2. The second-order valence-electron chi connectivity index (χ2n) is 5.64. The summed E-state index contributed by atoms with van der Waals surface area (Å²) in [6, 6.07) is 6.59. The van der Waals surface area contributed by atoms with Crippen molar-refractivity contribution in [3.63, 3.8) is 0 Å². The molecule has 1 atom stereocenters. The molecule has 1 aliphatic rings. The number of anilines is 1. The molecule has 0 unspecified atom stereocenters. The number of carbonyl (C=O) groups excluding carboxylic acids is 2. The minimum atomic E-state index is -0.483. The van der Waals surface area contributed by atoms with Crippen LogP contribution in [0.15, 0.2) is 36.7 Å². The number of piperidine rings is 1. The van der Waals surface area contributed by atoms with Crippen LogP contribution in [0.2, 0.25) is 5.02 Å². The van der Waals surface area contributed by atoms with E-state index in [1.54, 1.807) is 17.1 Å². The second kappa shape index (κ2) is 7.35. The van der Waals surface area contributed by atoms with Gasteiger partial charge in [-0.15, -0.1) is 0 Å². The Bertz CT molecular complexity index is 728. The first-order valence-electron chi connectivity index (χ1n) is 7.72. The Morgan fingerprint density at radius 2 is 2.17 bits per heavy atom. The van der Waals surface area contributed by atoms with Crippen LogP contribution in [0.25, 0.3) is 0 Å². The molecule has 0 saturated carbocycles. The lowest BCUT2D eigenvalue weighted by atomic mass is 10.1. The van der Waals surface area contributed by atoms with Crippen molar-refractivity contribution in [1.29, 1.82) is 0 Å². The molecule has 8 heteroatoms. The molecule has 2 heterocycles. The molecule has 7 nitrogen and oxygen atoms in total. The predicted molar refractivity (Wildman–Crippen MR) is 91.0 cm³/mol. The zero-order valence-electron chi connectivity index (χ0n) is 13.0. The van der Waals surface area contributed by atoms with Gasteiger partial charge in [0.2, 0.25) is 5.91 Å². The fraction of sp³-hybridized carbons (Fsp3) is 0.312. The van der Waals surface area contributed by atoms with Gasteiger partial charge in [-0.05, 0) is 30.5 Å². The number of amides is 3. The van der Waals surface area contributed by atoms with Crippen LogP contribution in [0.3, 0.4) is 0 Å². The molecule has 126 valence electrons. The Hall–Kier alpha value is -2.54. The number of carbonyl (C=O) groups is 2. The van der Waals surface area contributed by atoms with Crippen molar-refractivity contribution in [3.05, 3.63) is 47.2 Å². The van der Waals surface area contributed by atoms with E-state index in [1.165, 1.54) is 0 Å². The number of hydrogen-bond donors (Lipinski definition) is 3. The van der Waals surface area contributed by atoms with Gasteiger partial charge in [0.1, 0.15) is 6.04 Å². The van der Waals surface area contributed by atoms with E-state index in [9.17, 15) is 9.59 Å². The van der Waals surface area contributed by atoms with Crippen LogP contribution in [0.1, 0.15) is 18.4 Å². The SMILES string of the molecule is O=C(Nc1cnn(Cc2ccc(Cl)cc2)c1)N[C@@H]1CCCNC1=O. The molecule has 3 amide bonds. The van der Waals surface area contributed by atoms with Crippen molar-refractivity contribution in [2.75, 3.05) is 11.9 Å². The van der Waals surface area contributed by atoms with Gasteiger partial charge in [0.15, 0.2) is 0 Å². The molecule has 3 rings (SSSR count). The molecule has 24 heavy (non-hydrogen) atoms. The molecule has 3 N–H and O–H groups in total. The second-order valence-corrected chi connectivity index (χ2v) is 6.07. The first-order chi connectivity index (χ1) is 11.6. The molecule has 0 spiro atoms. The van der Waals surface area contributed by atoms with Gasteiger partial charge < -0.3 is 16.0 Å². The number of rotatable bonds is 4. The van der Waals surface area contributed by atoms with E-state index in [1.807, 2.05) is 24.3 Å². The van der Waals surface area contributed by atoms with Crippen molar-refractivity contribution in [2.24, 2.45) is 0 Å². The minimum Gasteiger partial charge on any atom is -0.354 e. The molecule has 1 aromatic carbocycles. The lowest BCUT2D eigenvalue weighted by molar-refractivity contribution is -0.124. The van der Waals surface area contributed by atoms with Gasteiger partial charge in [0, 0.05) is 17.8 Å². The van der Waals surface area contributed by atoms with E-state index in [-0.39, 0.29) is 5.91 Å². The molecule has 1 aliphatic heterocycles.